The number of carbonyl (C=O) groups is 2. The number of fused-ring (bicyclic) bond motifs is 1. The zero-order valence-corrected chi connectivity index (χ0v) is 19.7. The van der Waals surface area contributed by atoms with Gasteiger partial charge < -0.3 is 14.5 Å². The molecule has 2 amide bonds. The molecule has 2 heterocycles. The number of rotatable bonds is 2. The molecule has 0 aliphatic carbocycles. The van der Waals surface area contributed by atoms with Gasteiger partial charge in [-0.3, -0.25) is 9.69 Å². The summed E-state index contributed by atoms with van der Waals surface area (Å²) in [6, 6.07) is 13.2. The smallest absolute Gasteiger partial charge is 0.414 e. The van der Waals surface area contributed by atoms with Crippen LogP contribution in [0.3, 0.4) is 0 Å². The molecular formula is C25H30ClN3O3. The van der Waals surface area contributed by atoms with Crippen LogP contribution in [0.25, 0.3) is 0 Å². The Morgan fingerprint density at radius 2 is 1.56 bits per heavy atom. The van der Waals surface area contributed by atoms with Crippen molar-refractivity contribution in [2.75, 3.05) is 42.5 Å². The molecule has 0 atom stereocenters. The summed E-state index contributed by atoms with van der Waals surface area (Å²) in [5, 5.41) is 0.626. The number of benzene rings is 2. The summed E-state index contributed by atoms with van der Waals surface area (Å²) in [6.45, 7) is 9.13. The highest BCUT2D eigenvalue weighted by molar-refractivity contribution is 6.30. The molecule has 4 rings (SSSR count). The molecule has 2 aliphatic heterocycles. The average molecular weight is 456 g/mol. The lowest BCUT2D eigenvalue weighted by Crippen LogP contribution is -2.49. The first-order chi connectivity index (χ1) is 15.2. The number of hydrogen-bond acceptors (Lipinski definition) is 4. The van der Waals surface area contributed by atoms with E-state index in [1.165, 1.54) is 5.56 Å². The van der Waals surface area contributed by atoms with E-state index < -0.39 is 5.60 Å². The van der Waals surface area contributed by atoms with Crippen LogP contribution in [-0.4, -0.2) is 55.2 Å². The molecule has 170 valence electrons. The lowest BCUT2D eigenvalue weighted by atomic mass is 9.98. The van der Waals surface area contributed by atoms with E-state index in [1.54, 1.807) is 29.2 Å². The summed E-state index contributed by atoms with van der Waals surface area (Å²) in [6.07, 6.45) is 1.53. The standard InChI is InChI=1S/C25H30ClN3O3/c1-25(2,3)32-24(31)29-13-5-6-20-21(7-4-8-22(20)29)27-14-16-28(17-15-27)23(30)18-9-11-19(26)12-10-18/h4,7-12H,5-6,13-17H2,1-3H3. The number of nitrogens with zero attached hydrogens (tertiary/aromatic N) is 3. The third-order valence-corrected chi connectivity index (χ3v) is 6.09. The van der Waals surface area contributed by atoms with Crippen LogP contribution in [0.1, 0.15) is 43.1 Å². The second kappa shape index (κ2) is 9.02. The van der Waals surface area contributed by atoms with E-state index >= 15 is 0 Å². The van der Waals surface area contributed by atoms with E-state index in [2.05, 4.69) is 11.0 Å². The monoisotopic (exact) mass is 455 g/mol. The number of ether oxygens (including phenoxy) is 1. The van der Waals surface area contributed by atoms with Gasteiger partial charge in [-0.05, 0) is 75.6 Å². The summed E-state index contributed by atoms with van der Waals surface area (Å²) in [7, 11) is 0. The van der Waals surface area contributed by atoms with Gasteiger partial charge in [0.25, 0.3) is 5.91 Å². The van der Waals surface area contributed by atoms with Crippen molar-refractivity contribution in [3.63, 3.8) is 0 Å². The summed E-state index contributed by atoms with van der Waals surface area (Å²) in [5.41, 5.74) is 3.39. The summed E-state index contributed by atoms with van der Waals surface area (Å²) in [5.74, 6) is 0.0347. The fraction of sp³-hybridized carbons (Fsp3) is 0.440. The van der Waals surface area contributed by atoms with Crippen LogP contribution in [0.2, 0.25) is 5.02 Å². The maximum absolute atomic E-state index is 12.8. The highest BCUT2D eigenvalue weighted by Crippen LogP contribution is 2.36. The highest BCUT2D eigenvalue weighted by Gasteiger charge is 2.30. The van der Waals surface area contributed by atoms with E-state index in [9.17, 15) is 9.59 Å². The maximum Gasteiger partial charge on any atom is 0.414 e. The van der Waals surface area contributed by atoms with Gasteiger partial charge in [0.15, 0.2) is 0 Å². The van der Waals surface area contributed by atoms with E-state index in [0.717, 1.165) is 37.3 Å². The molecule has 2 aromatic carbocycles. The molecule has 6 nitrogen and oxygen atoms in total. The van der Waals surface area contributed by atoms with Crippen LogP contribution in [-0.2, 0) is 11.2 Å². The first-order valence-electron chi connectivity index (χ1n) is 11.1. The summed E-state index contributed by atoms with van der Waals surface area (Å²) < 4.78 is 5.63. The van der Waals surface area contributed by atoms with Gasteiger partial charge in [0, 0.05) is 49.0 Å². The lowest BCUT2D eigenvalue weighted by molar-refractivity contribution is 0.0577. The van der Waals surface area contributed by atoms with Crippen LogP contribution < -0.4 is 9.80 Å². The highest BCUT2D eigenvalue weighted by atomic mass is 35.5. The molecule has 1 saturated heterocycles. The summed E-state index contributed by atoms with van der Waals surface area (Å²) >= 11 is 5.94. The van der Waals surface area contributed by atoms with Gasteiger partial charge in [0.1, 0.15) is 5.60 Å². The van der Waals surface area contributed by atoms with Crippen LogP contribution in [0.4, 0.5) is 16.2 Å². The number of carbonyl (C=O) groups excluding carboxylic acids is 2. The molecule has 0 spiro atoms. The zero-order valence-electron chi connectivity index (χ0n) is 18.9. The topological polar surface area (TPSA) is 53.1 Å². The fourth-order valence-electron chi connectivity index (χ4n) is 4.33. The van der Waals surface area contributed by atoms with Gasteiger partial charge in [-0.15, -0.1) is 0 Å². The van der Waals surface area contributed by atoms with E-state index in [-0.39, 0.29) is 12.0 Å². The number of halogens is 1. The number of amides is 2. The van der Waals surface area contributed by atoms with Crippen LogP contribution in [0.15, 0.2) is 42.5 Å². The van der Waals surface area contributed by atoms with Crippen molar-refractivity contribution >= 4 is 35.0 Å². The van der Waals surface area contributed by atoms with Crippen molar-refractivity contribution < 1.29 is 14.3 Å². The fourth-order valence-corrected chi connectivity index (χ4v) is 4.46. The molecule has 2 aromatic rings. The molecule has 0 saturated carbocycles. The Labute approximate surface area is 194 Å². The molecule has 0 unspecified atom stereocenters. The Balaban J connectivity index is 1.48. The van der Waals surface area contributed by atoms with Crippen LogP contribution in [0, 0.1) is 0 Å². The van der Waals surface area contributed by atoms with Crippen molar-refractivity contribution in [2.24, 2.45) is 0 Å². The third-order valence-electron chi connectivity index (χ3n) is 5.84. The Morgan fingerprint density at radius 1 is 0.906 bits per heavy atom. The molecule has 0 radical (unpaired) electrons. The molecule has 32 heavy (non-hydrogen) atoms. The third kappa shape index (κ3) is 4.85. The predicted molar refractivity (Wildman–Crippen MR) is 128 cm³/mol. The van der Waals surface area contributed by atoms with Gasteiger partial charge in [0.05, 0.1) is 5.69 Å². The minimum Gasteiger partial charge on any atom is -0.443 e. The van der Waals surface area contributed by atoms with Gasteiger partial charge >= 0.3 is 6.09 Å². The quantitative estimate of drug-likeness (QED) is 0.640. The van der Waals surface area contributed by atoms with Crippen molar-refractivity contribution in [3.05, 3.63) is 58.6 Å². The second-order valence-corrected chi connectivity index (χ2v) is 9.73. The normalized spacial score (nSPS) is 16.6. The lowest BCUT2D eigenvalue weighted by Gasteiger charge is -2.39. The number of anilines is 2. The Kier molecular flexibility index (Phi) is 6.33. The molecular weight excluding hydrogens is 426 g/mol. The van der Waals surface area contributed by atoms with Crippen molar-refractivity contribution in [3.8, 4) is 0 Å². The maximum atomic E-state index is 12.8. The molecule has 2 aliphatic rings. The largest absolute Gasteiger partial charge is 0.443 e. The van der Waals surface area contributed by atoms with Gasteiger partial charge in [-0.25, -0.2) is 4.79 Å². The van der Waals surface area contributed by atoms with Crippen LogP contribution in [0.5, 0.6) is 0 Å². The van der Waals surface area contributed by atoms with E-state index in [1.807, 2.05) is 37.8 Å². The molecule has 7 heteroatoms. The first kappa shape index (κ1) is 22.5. The molecule has 0 bridgehead atoms. The first-order valence-corrected chi connectivity index (χ1v) is 11.5. The van der Waals surface area contributed by atoms with Crippen molar-refractivity contribution in [1.29, 1.82) is 0 Å². The molecule has 0 aromatic heterocycles. The van der Waals surface area contributed by atoms with E-state index in [0.29, 0.717) is 30.2 Å². The number of piperazine rings is 1. The Bertz CT molecular complexity index is 992. The zero-order chi connectivity index (χ0) is 22.9. The van der Waals surface area contributed by atoms with Gasteiger partial charge in [-0.1, -0.05) is 17.7 Å². The molecule has 0 N–H and O–H groups in total. The summed E-state index contributed by atoms with van der Waals surface area (Å²) in [4.78, 5) is 31.6. The van der Waals surface area contributed by atoms with Gasteiger partial charge in [-0.2, -0.15) is 0 Å². The van der Waals surface area contributed by atoms with Crippen LogP contribution >= 0.6 is 11.6 Å². The second-order valence-electron chi connectivity index (χ2n) is 9.30. The minimum atomic E-state index is -0.529. The predicted octanol–water partition coefficient (Wildman–Crippen LogP) is 4.99. The van der Waals surface area contributed by atoms with Crippen molar-refractivity contribution in [2.45, 2.75) is 39.2 Å². The Hall–Kier alpha value is -2.73. The van der Waals surface area contributed by atoms with Crippen molar-refractivity contribution in [1.82, 2.24) is 4.90 Å². The average Bonchev–Trinajstić information content (AvgIpc) is 2.77. The SMILES string of the molecule is CC(C)(C)OC(=O)N1CCCc2c(N3CCN(C(=O)c4ccc(Cl)cc4)CC3)cccc21. The molecule has 1 fully saturated rings. The van der Waals surface area contributed by atoms with E-state index in [4.69, 9.17) is 16.3 Å². The minimum absolute atomic E-state index is 0.0347. The Morgan fingerprint density at radius 3 is 2.22 bits per heavy atom. The van der Waals surface area contributed by atoms with Gasteiger partial charge in [0.2, 0.25) is 0 Å². The number of hydrogen-bond donors (Lipinski definition) is 0.